The number of rotatable bonds is 7. The standard InChI is InChI=1S/C19H29N3O3/c1-5-6-7-10-20-18(23)12-15-13-25-17-9-8-14(19(24)21(2)3)11-16(17)22(15)4/h8-9,11,15H,5-7,10,12-13H2,1-4H3,(H,20,23)/t15-/m1/s1. The third-order valence-corrected chi connectivity index (χ3v) is 4.49. The Morgan fingerprint density at radius 3 is 2.76 bits per heavy atom. The van der Waals surface area contributed by atoms with Crippen LogP contribution in [0, 0.1) is 0 Å². The number of hydrogen-bond donors (Lipinski definition) is 1. The minimum atomic E-state index is -0.0491. The molecule has 0 saturated heterocycles. The molecule has 1 aromatic carbocycles. The van der Waals surface area contributed by atoms with Gasteiger partial charge in [-0.05, 0) is 24.6 Å². The van der Waals surface area contributed by atoms with Gasteiger partial charge in [-0.1, -0.05) is 19.8 Å². The summed E-state index contributed by atoms with van der Waals surface area (Å²) in [6, 6.07) is 5.39. The van der Waals surface area contributed by atoms with Crippen LogP contribution in [0.3, 0.4) is 0 Å². The van der Waals surface area contributed by atoms with Crippen LogP contribution in [0.4, 0.5) is 5.69 Å². The summed E-state index contributed by atoms with van der Waals surface area (Å²) >= 11 is 0. The number of unbranched alkanes of at least 4 members (excludes halogenated alkanes) is 2. The van der Waals surface area contributed by atoms with Gasteiger partial charge in [0.25, 0.3) is 5.91 Å². The molecule has 25 heavy (non-hydrogen) atoms. The quantitative estimate of drug-likeness (QED) is 0.769. The van der Waals surface area contributed by atoms with Crippen LogP contribution in [-0.2, 0) is 4.79 Å². The molecule has 1 N–H and O–H groups in total. The van der Waals surface area contributed by atoms with Crippen molar-refractivity contribution in [2.24, 2.45) is 0 Å². The molecule has 0 fully saturated rings. The van der Waals surface area contributed by atoms with Gasteiger partial charge in [0.1, 0.15) is 12.4 Å². The van der Waals surface area contributed by atoms with E-state index in [9.17, 15) is 9.59 Å². The Balaban J connectivity index is 2.01. The van der Waals surface area contributed by atoms with Gasteiger partial charge in [-0.3, -0.25) is 9.59 Å². The van der Waals surface area contributed by atoms with Crippen LogP contribution in [0.15, 0.2) is 18.2 Å². The number of likely N-dealkylation sites (N-methyl/N-ethyl adjacent to an activating group) is 1. The number of carbonyl (C=O) groups is 2. The highest BCUT2D eigenvalue weighted by atomic mass is 16.5. The second-order valence-corrected chi connectivity index (χ2v) is 6.72. The number of benzene rings is 1. The number of nitrogens with zero attached hydrogens (tertiary/aromatic N) is 2. The first-order valence-corrected chi connectivity index (χ1v) is 8.92. The van der Waals surface area contributed by atoms with E-state index in [-0.39, 0.29) is 17.9 Å². The van der Waals surface area contributed by atoms with E-state index in [2.05, 4.69) is 12.2 Å². The number of anilines is 1. The lowest BCUT2D eigenvalue weighted by molar-refractivity contribution is -0.121. The monoisotopic (exact) mass is 347 g/mol. The van der Waals surface area contributed by atoms with E-state index < -0.39 is 0 Å². The Morgan fingerprint density at radius 2 is 2.08 bits per heavy atom. The van der Waals surface area contributed by atoms with Crippen molar-refractivity contribution in [2.75, 3.05) is 39.2 Å². The number of nitrogens with one attached hydrogen (secondary N) is 1. The van der Waals surface area contributed by atoms with Gasteiger partial charge in [-0.25, -0.2) is 0 Å². The van der Waals surface area contributed by atoms with Gasteiger partial charge in [0.2, 0.25) is 5.91 Å². The molecule has 0 spiro atoms. The third kappa shape index (κ3) is 4.87. The van der Waals surface area contributed by atoms with Crippen LogP contribution in [-0.4, -0.2) is 57.1 Å². The first-order valence-electron chi connectivity index (χ1n) is 8.92. The molecule has 0 aliphatic carbocycles. The smallest absolute Gasteiger partial charge is 0.253 e. The molecule has 1 aliphatic rings. The predicted octanol–water partition coefficient (Wildman–Crippen LogP) is 2.28. The van der Waals surface area contributed by atoms with Crippen molar-refractivity contribution in [1.29, 1.82) is 0 Å². The third-order valence-electron chi connectivity index (χ3n) is 4.49. The van der Waals surface area contributed by atoms with Crippen LogP contribution >= 0.6 is 0 Å². The average molecular weight is 347 g/mol. The normalized spacial score (nSPS) is 16.0. The molecule has 6 nitrogen and oxygen atoms in total. The second kappa shape index (κ2) is 8.74. The summed E-state index contributed by atoms with van der Waals surface area (Å²) in [5.41, 5.74) is 1.46. The Kier molecular flexibility index (Phi) is 6.67. The predicted molar refractivity (Wildman–Crippen MR) is 99.3 cm³/mol. The molecule has 0 bridgehead atoms. The molecule has 6 heteroatoms. The summed E-state index contributed by atoms with van der Waals surface area (Å²) in [6.07, 6.45) is 3.66. The molecule has 2 rings (SSSR count). The van der Waals surface area contributed by atoms with Crippen LogP contribution < -0.4 is 15.0 Å². The van der Waals surface area contributed by atoms with Crippen LogP contribution in [0.25, 0.3) is 0 Å². The van der Waals surface area contributed by atoms with Crippen LogP contribution in [0.5, 0.6) is 5.75 Å². The van der Waals surface area contributed by atoms with Crippen molar-refractivity contribution < 1.29 is 14.3 Å². The van der Waals surface area contributed by atoms with Crippen molar-refractivity contribution in [3.63, 3.8) is 0 Å². The van der Waals surface area contributed by atoms with E-state index in [1.54, 1.807) is 25.1 Å². The maximum atomic E-state index is 12.2. The fraction of sp³-hybridized carbons (Fsp3) is 0.579. The average Bonchev–Trinajstić information content (AvgIpc) is 2.60. The minimum Gasteiger partial charge on any atom is -0.489 e. The first kappa shape index (κ1) is 19.1. The molecule has 1 aromatic rings. The minimum absolute atomic E-state index is 0.0385. The highest BCUT2D eigenvalue weighted by Crippen LogP contribution is 2.34. The topological polar surface area (TPSA) is 61.9 Å². The van der Waals surface area contributed by atoms with Gasteiger partial charge in [0, 0.05) is 33.3 Å². The van der Waals surface area contributed by atoms with Gasteiger partial charge in [-0.2, -0.15) is 0 Å². The van der Waals surface area contributed by atoms with Crippen molar-refractivity contribution in [3.05, 3.63) is 23.8 Å². The molecule has 0 aromatic heterocycles. The Morgan fingerprint density at radius 1 is 1.32 bits per heavy atom. The molecule has 0 unspecified atom stereocenters. The largest absolute Gasteiger partial charge is 0.489 e. The second-order valence-electron chi connectivity index (χ2n) is 6.72. The number of carbonyl (C=O) groups excluding carboxylic acids is 2. The molecular formula is C19H29N3O3. The maximum Gasteiger partial charge on any atom is 0.253 e. The SMILES string of the molecule is CCCCCNC(=O)C[C@@H]1COc2ccc(C(=O)N(C)C)cc2N1C. The van der Waals surface area contributed by atoms with Gasteiger partial charge >= 0.3 is 0 Å². The van der Waals surface area contributed by atoms with Gasteiger partial charge in [0.15, 0.2) is 0 Å². The van der Waals surface area contributed by atoms with Crippen molar-refractivity contribution in [3.8, 4) is 5.75 Å². The lowest BCUT2D eigenvalue weighted by Crippen LogP contribution is -2.44. The van der Waals surface area contributed by atoms with Crippen molar-refractivity contribution >= 4 is 17.5 Å². The molecule has 2 amide bonds. The van der Waals surface area contributed by atoms with Crippen LogP contribution in [0.1, 0.15) is 43.0 Å². The number of fused-ring (bicyclic) bond motifs is 1. The Bertz CT molecular complexity index is 616. The summed E-state index contributed by atoms with van der Waals surface area (Å²) in [5.74, 6) is 0.741. The summed E-state index contributed by atoms with van der Waals surface area (Å²) in [7, 11) is 5.40. The lowest BCUT2D eigenvalue weighted by Gasteiger charge is -2.35. The van der Waals surface area contributed by atoms with E-state index in [1.165, 1.54) is 0 Å². The zero-order valence-corrected chi connectivity index (χ0v) is 15.7. The number of ether oxygens (including phenoxy) is 1. The van der Waals surface area contributed by atoms with Gasteiger partial charge in [0.05, 0.1) is 18.2 Å². The summed E-state index contributed by atoms with van der Waals surface area (Å²) in [5, 5.41) is 2.97. The Labute approximate surface area is 150 Å². The van der Waals surface area contributed by atoms with Crippen molar-refractivity contribution in [2.45, 2.75) is 38.6 Å². The summed E-state index contributed by atoms with van der Waals surface area (Å²) in [4.78, 5) is 27.9. The van der Waals surface area contributed by atoms with Crippen molar-refractivity contribution in [1.82, 2.24) is 10.2 Å². The molecule has 1 heterocycles. The molecule has 138 valence electrons. The molecule has 0 saturated carbocycles. The molecule has 1 atom stereocenters. The molecule has 0 radical (unpaired) electrons. The molecular weight excluding hydrogens is 318 g/mol. The van der Waals surface area contributed by atoms with Gasteiger partial charge in [-0.15, -0.1) is 0 Å². The highest BCUT2D eigenvalue weighted by Gasteiger charge is 2.27. The fourth-order valence-electron chi connectivity index (χ4n) is 2.89. The summed E-state index contributed by atoms with van der Waals surface area (Å²) in [6.45, 7) is 3.33. The van der Waals surface area contributed by atoms with E-state index in [4.69, 9.17) is 4.74 Å². The first-order chi connectivity index (χ1) is 11.9. The van der Waals surface area contributed by atoms with E-state index in [0.29, 0.717) is 18.6 Å². The number of amides is 2. The van der Waals surface area contributed by atoms with E-state index >= 15 is 0 Å². The van der Waals surface area contributed by atoms with E-state index in [0.717, 1.165) is 37.2 Å². The fourth-order valence-corrected chi connectivity index (χ4v) is 2.89. The lowest BCUT2D eigenvalue weighted by atomic mass is 10.1. The highest BCUT2D eigenvalue weighted by molar-refractivity contribution is 5.95. The van der Waals surface area contributed by atoms with E-state index in [1.807, 2.05) is 24.1 Å². The zero-order valence-electron chi connectivity index (χ0n) is 15.7. The van der Waals surface area contributed by atoms with Crippen LogP contribution in [0.2, 0.25) is 0 Å². The molecule has 1 aliphatic heterocycles. The van der Waals surface area contributed by atoms with Gasteiger partial charge < -0.3 is 19.9 Å². The zero-order chi connectivity index (χ0) is 18.4. The summed E-state index contributed by atoms with van der Waals surface area (Å²) < 4.78 is 5.80. The number of hydrogen-bond acceptors (Lipinski definition) is 4. The Hall–Kier alpha value is -2.24. The maximum absolute atomic E-state index is 12.2.